The van der Waals surface area contributed by atoms with E-state index in [9.17, 15) is 9.59 Å². The van der Waals surface area contributed by atoms with E-state index in [0.29, 0.717) is 30.1 Å². The van der Waals surface area contributed by atoms with Crippen LogP contribution in [0.25, 0.3) is 0 Å². The molecule has 0 unspecified atom stereocenters. The van der Waals surface area contributed by atoms with Crippen LogP contribution in [-0.4, -0.2) is 35.4 Å². The van der Waals surface area contributed by atoms with Gasteiger partial charge in [-0.05, 0) is 24.6 Å². The van der Waals surface area contributed by atoms with E-state index in [1.165, 1.54) is 18.6 Å². The van der Waals surface area contributed by atoms with Crippen LogP contribution in [0.2, 0.25) is 0 Å². The fourth-order valence-corrected chi connectivity index (χ4v) is 2.49. The second kappa shape index (κ2) is 6.43. The van der Waals surface area contributed by atoms with Gasteiger partial charge in [-0.2, -0.15) is 0 Å². The van der Waals surface area contributed by atoms with Crippen LogP contribution >= 0.6 is 0 Å². The fourth-order valence-electron chi connectivity index (χ4n) is 2.49. The van der Waals surface area contributed by atoms with Crippen LogP contribution in [0.5, 0.6) is 5.75 Å². The Morgan fingerprint density at radius 2 is 2.22 bits per heavy atom. The van der Waals surface area contributed by atoms with Crippen molar-refractivity contribution in [3.05, 3.63) is 42.5 Å². The number of carbonyl (C=O) groups is 2. The zero-order valence-electron chi connectivity index (χ0n) is 12.7. The molecule has 1 saturated heterocycles. The topological polar surface area (TPSA) is 84.4 Å². The first-order valence-corrected chi connectivity index (χ1v) is 7.25. The summed E-state index contributed by atoms with van der Waals surface area (Å²) in [4.78, 5) is 33.6. The van der Waals surface area contributed by atoms with E-state index < -0.39 is 0 Å². The van der Waals surface area contributed by atoms with Gasteiger partial charge >= 0.3 is 0 Å². The minimum atomic E-state index is -0.359. The highest BCUT2D eigenvalue weighted by molar-refractivity contribution is 6.03. The molecule has 118 valence electrons. The summed E-state index contributed by atoms with van der Waals surface area (Å²) in [5.41, 5.74) is 1.45. The van der Waals surface area contributed by atoms with Crippen LogP contribution in [0.3, 0.4) is 0 Å². The van der Waals surface area contributed by atoms with Crippen molar-refractivity contribution in [1.82, 2.24) is 9.97 Å². The smallest absolute Gasteiger partial charge is 0.275 e. The SMILES string of the molecule is COc1ccc(NC(=O)c2cnccn2)cc1N1CCCC1=O. The number of methoxy groups -OCH3 is 1. The molecule has 1 aliphatic rings. The number of hydrogen-bond acceptors (Lipinski definition) is 5. The van der Waals surface area contributed by atoms with Crippen LogP contribution in [-0.2, 0) is 4.79 Å². The van der Waals surface area contributed by atoms with Crippen LogP contribution in [0, 0.1) is 0 Å². The van der Waals surface area contributed by atoms with E-state index in [-0.39, 0.29) is 17.5 Å². The molecule has 0 radical (unpaired) electrons. The lowest BCUT2D eigenvalue weighted by Crippen LogP contribution is -2.24. The Hall–Kier alpha value is -2.96. The van der Waals surface area contributed by atoms with Gasteiger partial charge in [-0.3, -0.25) is 14.6 Å². The standard InChI is InChI=1S/C16H16N4O3/c1-23-14-5-4-11(9-13(14)20-8-2-3-15(20)21)19-16(22)12-10-17-6-7-18-12/h4-7,9-10H,2-3,8H2,1H3,(H,19,22). The van der Waals surface area contributed by atoms with Crippen LogP contribution in [0.4, 0.5) is 11.4 Å². The first-order valence-electron chi connectivity index (χ1n) is 7.25. The minimum absolute atomic E-state index is 0.0562. The van der Waals surface area contributed by atoms with E-state index in [4.69, 9.17) is 4.74 Å². The molecule has 2 heterocycles. The molecular formula is C16H16N4O3. The third-order valence-electron chi connectivity index (χ3n) is 3.60. The number of aromatic nitrogens is 2. The molecule has 1 aliphatic heterocycles. The summed E-state index contributed by atoms with van der Waals surface area (Å²) in [6, 6.07) is 5.18. The monoisotopic (exact) mass is 312 g/mol. The maximum atomic E-state index is 12.1. The lowest BCUT2D eigenvalue weighted by atomic mass is 10.2. The molecule has 1 aromatic carbocycles. The van der Waals surface area contributed by atoms with E-state index in [1.54, 1.807) is 30.2 Å². The molecule has 0 aliphatic carbocycles. The van der Waals surface area contributed by atoms with E-state index in [1.807, 2.05) is 0 Å². The highest BCUT2D eigenvalue weighted by Crippen LogP contribution is 2.34. The summed E-state index contributed by atoms with van der Waals surface area (Å²) >= 11 is 0. The first-order chi connectivity index (χ1) is 11.2. The molecule has 0 atom stereocenters. The molecule has 1 fully saturated rings. The average molecular weight is 312 g/mol. The number of amides is 2. The zero-order valence-corrected chi connectivity index (χ0v) is 12.7. The molecule has 1 aromatic heterocycles. The van der Waals surface area contributed by atoms with Gasteiger partial charge in [0, 0.05) is 31.0 Å². The quantitative estimate of drug-likeness (QED) is 0.931. The lowest BCUT2D eigenvalue weighted by molar-refractivity contribution is -0.117. The van der Waals surface area contributed by atoms with Gasteiger partial charge in [-0.25, -0.2) is 4.98 Å². The maximum Gasteiger partial charge on any atom is 0.275 e. The highest BCUT2D eigenvalue weighted by Gasteiger charge is 2.25. The van der Waals surface area contributed by atoms with E-state index >= 15 is 0 Å². The number of carbonyl (C=O) groups excluding carboxylic acids is 2. The van der Waals surface area contributed by atoms with Gasteiger partial charge in [-0.1, -0.05) is 0 Å². The lowest BCUT2D eigenvalue weighted by Gasteiger charge is -2.20. The van der Waals surface area contributed by atoms with Crippen molar-refractivity contribution in [3.8, 4) is 5.75 Å². The number of nitrogens with one attached hydrogen (secondary N) is 1. The van der Waals surface area contributed by atoms with Gasteiger partial charge in [0.1, 0.15) is 11.4 Å². The second-order valence-electron chi connectivity index (χ2n) is 5.08. The largest absolute Gasteiger partial charge is 0.495 e. The van der Waals surface area contributed by atoms with E-state index in [2.05, 4.69) is 15.3 Å². The van der Waals surface area contributed by atoms with Gasteiger partial charge in [0.25, 0.3) is 5.91 Å². The van der Waals surface area contributed by atoms with Crippen LogP contribution in [0.1, 0.15) is 23.3 Å². The minimum Gasteiger partial charge on any atom is -0.495 e. The Kier molecular flexibility index (Phi) is 4.18. The maximum absolute atomic E-state index is 12.1. The summed E-state index contributed by atoms with van der Waals surface area (Å²) in [5.74, 6) is 0.292. The number of rotatable bonds is 4. The van der Waals surface area contributed by atoms with Crippen molar-refractivity contribution < 1.29 is 14.3 Å². The molecule has 7 heteroatoms. The highest BCUT2D eigenvalue weighted by atomic mass is 16.5. The molecule has 2 amide bonds. The Bertz CT molecular complexity index is 733. The summed E-state index contributed by atoms with van der Waals surface area (Å²) in [7, 11) is 1.55. The normalized spacial score (nSPS) is 14.0. The van der Waals surface area contributed by atoms with Crippen molar-refractivity contribution in [1.29, 1.82) is 0 Å². The first kappa shape index (κ1) is 15.0. The van der Waals surface area contributed by atoms with Crippen molar-refractivity contribution in [2.24, 2.45) is 0 Å². The van der Waals surface area contributed by atoms with Crippen LogP contribution < -0.4 is 15.0 Å². The summed E-state index contributed by atoms with van der Waals surface area (Å²) in [6.45, 7) is 0.650. The molecule has 23 heavy (non-hydrogen) atoms. The molecule has 0 spiro atoms. The molecule has 7 nitrogen and oxygen atoms in total. The number of ether oxygens (including phenoxy) is 1. The third-order valence-corrected chi connectivity index (χ3v) is 3.60. The second-order valence-corrected chi connectivity index (χ2v) is 5.08. The summed E-state index contributed by atoms with van der Waals surface area (Å²) < 4.78 is 5.32. The number of anilines is 2. The number of benzene rings is 1. The molecule has 0 saturated carbocycles. The van der Waals surface area contributed by atoms with Gasteiger partial charge in [0.2, 0.25) is 5.91 Å². The Labute approximate surface area is 133 Å². The number of nitrogens with zero attached hydrogens (tertiary/aromatic N) is 3. The van der Waals surface area contributed by atoms with Gasteiger partial charge < -0.3 is 15.0 Å². The van der Waals surface area contributed by atoms with Crippen molar-refractivity contribution in [2.45, 2.75) is 12.8 Å². The summed E-state index contributed by atoms with van der Waals surface area (Å²) in [6.07, 6.45) is 5.69. The average Bonchev–Trinajstić information content (AvgIpc) is 3.01. The van der Waals surface area contributed by atoms with Gasteiger partial charge in [0.05, 0.1) is 19.0 Å². The molecule has 3 rings (SSSR count). The predicted molar refractivity (Wildman–Crippen MR) is 84.6 cm³/mol. The zero-order chi connectivity index (χ0) is 16.2. The number of hydrogen-bond donors (Lipinski definition) is 1. The molecule has 2 aromatic rings. The van der Waals surface area contributed by atoms with Crippen molar-refractivity contribution in [3.63, 3.8) is 0 Å². The van der Waals surface area contributed by atoms with Gasteiger partial charge in [0.15, 0.2) is 0 Å². The van der Waals surface area contributed by atoms with Crippen molar-refractivity contribution >= 4 is 23.2 Å². The Morgan fingerprint density at radius 3 is 2.87 bits per heavy atom. The molecule has 1 N–H and O–H groups in total. The van der Waals surface area contributed by atoms with Gasteiger partial charge in [-0.15, -0.1) is 0 Å². The Balaban J connectivity index is 1.86. The third kappa shape index (κ3) is 3.13. The fraction of sp³-hybridized carbons (Fsp3) is 0.250. The van der Waals surface area contributed by atoms with Crippen LogP contribution in [0.15, 0.2) is 36.8 Å². The summed E-state index contributed by atoms with van der Waals surface area (Å²) in [5, 5.41) is 2.75. The molecule has 0 bridgehead atoms. The Morgan fingerprint density at radius 1 is 1.35 bits per heavy atom. The molecular weight excluding hydrogens is 296 g/mol. The predicted octanol–water partition coefficient (Wildman–Crippen LogP) is 1.86. The van der Waals surface area contributed by atoms with E-state index in [0.717, 1.165) is 6.42 Å². The van der Waals surface area contributed by atoms with Crippen molar-refractivity contribution in [2.75, 3.05) is 23.9 Å².